The summed E-state index contributed by atoms with van der Waals surface area (Å²) in [6, 6.07) is 17.1. The molecular formula is C23H21Cl2FN2O4S. The van der Waals surface area contributed by atoms with Crippen molar-refractivity contribution < 1.29 is 22.3 Å². The second-order valence-corrected chi connectivity index (χ2v) is 9.91. The van der Waals surface area contributed by atoms with Gasteiger partial charge in [0.2, 0.25) is 10.0 Å². The van der Waals surface area contributed by atoms with Crippen LogP contribution in [0.3, 0.4) is 0 Å². The third-order valence-electron chi connectivity index (χ3n) is 4.66. The van der Waals surface area contributed by atoms with E-state index in [4.69, 9.17) is 27.9 Å². The first kappa shape index (κ1) is 24.8. The fraction of sp³-hybridized carbons (Fsp3) is 0.174. The molecule has 0 saturated carbocycles. The van der Waals surface area contributed by atoms with E-state index in [1.165, 1.54) is 42.5 Å². The van der Waals surface area contributed by atoms with Gasteiger partial charge >= 0.3 is 0 Å². The molecule has 174 valence electrons. The van der Waals surface area contributed by atoms with Gasteiger partial charge in [-0.15, -0.1) is 0 Å². The predicted octanol–water partition coefficient (Wildman–Crippen LogP) is 4.79. The third-order valence-corrected chi connectivity index (χ3v) is 6.39. The van der Waals surface area contributed by atoms with Crippen LogP contribution in [-0.4, -0.2) is 27.2 Å². The van der Waals surface area contributed by atoms with E-state index < -0.39 is 15.8 Å². The molecule has 0 saturated heterocycles. The van der Waals surface area contributed by atoms with Crippen LogP contribution in [-0.2, 0) is 27.9 Å². The normalized spacial score (nSPS) is 11.2. The topological polar surface area (TPSA) is 75.7 Å². The fourth-order valence-electron chi connectivity index (χ4n) is 2.95. The van der Waals surface area contributed by atoms with Gasteiger partial charge in [0, 0.05) is 22.2 Å². The van der Waals surface area contributed by atoms with Gasteiger partial charge < -0.3 is 10.1 Å². The number of sulfonamides is 1. The minimum atomic E-state index is -3.67. The van der Waals surface area contributed by atoms with Crippen LogP contribution in [0.4, 0.5) is 10.1 Å². The van der Waals surface area contributed by atoms with Gasteiger partial charge in [0.15, 0.2) is 6.61 Å². The number of carbonyl (C=O) groups is 1. The van der Waals surface area contributed by atoms with Crippen LogP contribution in [0.5, 0.6) is 5.75 Å². The Morgan fingerprint density at radius 3 is 2.36 bits per heavy atom. The maximum absolute atomic E-state index is 14.0. The lowest BCUT2D eigenvalue weighted by molar-refractivity contribution is -0.123. The number of ether oxygens (including phenoxy) is 1. The highest BCUT2D eigenvalue weighted by Crippen LogP contribution is 2.25. The Bertz CT molecular complexity index is 1240. The molecule has 0 aliphatic heterocycles. The van der Waals surface area contributed by atoms with E-state index in [9.17, 15) is 17.6 Å². The summed E-state index contributed by atoms with van der Waals surface area (Å²) in [7, 11) is -3.67. The first-order valence-corrected chi connectivity index (χ1v) is 12.4. The van der Waals surface area contributed by atoms with Gasteiger partial charge in [-0.05, 0) is 48.0 Å². The first-order valence-electron chi connectivity index (χ1n) is 9.78. The molecule has 0 aliphatic rings. The van der Waals surface area contributed by atoms with Gasteiger partial charge in [0.1, 0.15) is 11.6 Å². The molecule has 1 amide bonds. The van der Waals surface area contributed by atoms with E-state index >= 15 is 0 Å². The van der Waals surface area contributed by atoms with Crippen LogP contribution >= 0.6 is 23.2 Å². The van der Waals surface area contributed by atoms with Gasteiger partial charge in [-0.25, -0.2) is 12.8 Å². The first-order chi connectivity index (χ1) is 15.6. The van der Waals surface area contributed by atoms with Gasteiger partial charge in [0.05, 0.1) is 18.5 Å². The number of hydrogen-bond acceptors (Lipinski definition) is 4. The number of nitrogens with zero attached hydrogens (tertiary/aromatic N) is 1. The summed E-state index contributed by atoms with van der Waals surface area (Å²) in [5, 5.41) is 3.65. The van der Waals surface area contributed by atoms with Crippen molar-refractivity contribution in [3.05, 3.63) is 93.7 Å². The van der Waals surface area contributed by atoms with Gasteiger partial charge in [-0.1, -0.05) is 47.5 Å². The Labute approximate surface area is 201 Å². The molecule has 0 spiro atoms. The molecule has 0 fully saturated rings. The molecule has 3 aromatic rings. The van der Waals surface area contributed by atoms with Crippen molar-refractivity contribution >= 4 is 44.8 Å². The molecule has 3 aromatic carbocycles. The van der Waals surface area contributed by atoms with E-state index in [-0.39, 0.29) is 31.2 Å². The zero-order valence-electron chi connectivity index (χ0n) is 17.6. The summed E-state index contributed by atoms with van der Waals surface area (Å²) >= 11 is 11.9. The number of hydrogen-bond donors (Lipinski definition) is 1. The smallest absolute Gasteiger partial charge is 0.258 e. The molecule has 0 radical (unpaired) electrons. The molecule has 6 nitrogen and oxygen atoms in total. The number of benzene rings is 3. The SMILES string of the molecule is CS(=O)(=O)N(Cc1ccccc1F)c1ccc(OCC(=O)NCc2ccc(Cl)cc2Cl)cc1. The highest BCUT2D eigenvalue weighted by Gasteiger charge is 2.19. The summed E-state index contributed by atoms with van der Waals surface area (Å²) in [6.45, 7) is -0.173. The number of halogens is 3. The number of anilines is 1. The zero-order chi connectivity index (χ0) is 24.0. The van der Waals surface area contributed by atoms with E-state index in [0.29, 0.717) is 21.5 Å². The van der Waals surface area contributed by atoms with E-state index in [1.807, 2.05) is 0 Å². The van der Waals surface area contributed by atoms with Gasteiger partial charge in [-0.3, -0.25) is 9.10 Å². The van der Waals surface area contributed by atoms with Crippen molar-refractivity contribution in [3.8, 4) is 5.75 Å². The number of rotatable bonds is 9. The second-order valence-electron chi connectivity index (χ2n) is 7.16. The Morgan fingerprint density at radius 2 is 1.73 bits per heavy atom. The van der Waals surface area contributed by atoms with Crippen molar-refractivity contribution in [2.24, 2.45) is 0 Å². The maximum Gasteiger partial charge on any atom is 0.258 e. The van der Waals surface area contributed by atoms with Crippen LogP contribution in [0.2, 0.25) is 10.0 Å². The monoisotopic (exact) mass is 510 g/mol. The molecular weight excluding hydrogens is 490 g/mol. The van der Waals surface area contributed by atoms with E-state index in [2.05, 4.69) is 5.32 Å². The molecule has 0 unspecified atom stereocenters. The summed E-state index contributed by atoms with van der Waals surface area (Å²) in [6.07, 6.45) is 1.05. The van der Waals surface area contributed by atoms with Crippen molar-refractivity contribution in [2.75, 3.05) is 17.2 Å². The van der Waals surface area contributed by atoms with Crippen LogP contribution in [0.25, 0.3) is 0 Å². The predicted molar refractivity (Wildman–Crippen MR) is 128 cm³/mol. The minimum Gasteiger partial charge on any atom is -0.484 e. The van der Waals surface area contributed by atoms with Crippen molar-refractivity contribution in [2.45, 2.75) is 13.1 Å². The summed E-state index contributed by atoms with van der Waals surface area (Å²) < 4.78 is 45.1. The molecule has 3 rings (SSSR count). The van der Waals surface area contributed by atoms with Crippen LogP contribution in [0.15, 0.2) is 66.7 Å². The van der Waals surface area contributed by atoms with Crippen molar-refractivity contribution in [1.82, 2.24) is 5.32 Å². The van der Waals surface area contributed by atoms with Crippen LogP contribution in [0, 0.1) is 5.82 Å². The molecule has 0 aliphatic carbocycles. The number of nitrogens with one attached hydrogen (secondary N) is 1. The average Bonchev–Trinajstić information content (AvgIpc) is 2.76. The van der Waals surface area contributed by atoms with Crippen molar-refractivity contribution in [3.63, 3.8) is 0 Å². The Balaban J connectivity index is 1.60. The van der Waals surface area contributed by atoms with Crippen molar-refractivity contribution in [1.29, 1.82) is 0 Å². The largest absolute Gasteiger partial charge is 0.484 e. The quantitative estimate of drug-likeness (QED) is 0.448. The highest BCUT2D eigenvalue weighted by molar-refractivity contribution is 7.92. The Kier molecular flexibility index (Phi) is 8.18. The van der Waals surface area contributed by atoms with E-state index in [1.54, 1.807) is 24.3 Å². The van der Waals surface area contributed by atoms with Crippen LogP contribution in [0.1, 0.15) is 11.1 Å². The summed E-state index contributed by atoms with van der Waals surface area (Å²) in [5.74, 6) is -0.475. The fourth-order valence-corrected chi connectivity index (χ4v) is 4.30. The van der Waals surface area contributed by atoms with Gasteiger partial charge in [0.25, 0.3) is 5.91 Å². The van der Waals surface area contributed by atoms with Gasteiger partial charge in [-0.2, -0.15) is 0 Å². The lowest BCUT2D eigenvalue weighted by Crippen LogP contribution is -2.29. The maximum atomic E-state index is 14.0. The molecule has 0 atom stereocenters. The zero-order valence-corrected chi connectivity index (χ0v) is 19.9. The van der Waals surface area contributed by atoms with E-state index in [0.717, 1.165) is 16.1 Å². The Hall–Kier alpha value is -2.81. The standard InChI is InChI=1S/C23H21Cl2FN2O4S/c1-33(30,31)28(14-17-4-2-3-5-22(17)26)19-8-10-20(11-9-19)32-15-23(29)27-13-16-6-7-18(24)12-21(16)25/h2-12H,13-15H2,1H3,(H,27,29). The third kappa shape index (κ3) is 7.08. The number of carbonyl (C=O) groups excluding carboxylic acids is 1. The average molecular weight is 511 g/mol. The lowest BCUT2D eigenvalue weighted by Gasteiger charge is -2.23. The molecule has 1 N–H and O–H groups in total. The lowest BCUT2D eigenvalue weighted by atomic mass is 10.2. The molecule has 10 heteroatoms. The molecule has 0 bridgehead atoms. The summed E-state index contributed by atoms with van der Waals surface area (Å²) in [5.41, 5.74) is 1.31. The molecule has 0 aromatic heterocycles. The minimum absolute atomic E-state index is 0.151. The molecule has 0 heterocycles. The van der Waals surface area contributed by atoms with Crippen LogP contribution < -0.4 is 14.4 Å². The number of amides is 1. The second kappa shape index (κ2) is 10.9. The molecule has 33 heavy (non-hydrogen) atoms. The summed E-state index contributed by atoms with van der Waals surface area (Å²) in [4.78, 5) is 12.1. The highest BCUT2D eigenvalue weighted by atomic mass is 35.5. The Morgan fingerprint density at radius 1 is 1.03 bits per heavy atom.